The number of nitrogens with zero attached hydrogens (tertiary/aromatic N) is 2. The molecular weight excluding hydrogens is 448 g/mol. The van der Waals surface area contributed by atoms with Gasteiger partial charge in [0.2, 0.25) is 5.91 Å². The molecule has 1 saturated carbocycles. The normalized spacial score (nSPS) is 17.1. The van der Waals surface area contributed by atoms with Gasteiger partial charge in [0.05, 0.1) is 13.2 Å². The molecule has 2 amide bonds. The SMILES string of the molecule is COc1cccc(OC[C@H]2c3ccsc3CCN2C(=O)CN(C(=O)c2ccccc2)C2CC2)c1. The lowest BCUT2D eigenvalue weighted by molar-refractivity contribution is -0.135. The summed E-state index contributed by atoms with van der Waals surface area (Å²) in [7, 11) is 1.63. The summed E-state index contributed by atoms with van der Waals surface area (Å²) in [6.45, 7) is 1.06. The number of methoxy groups -OCH3 is 1. The van der Waals surface area contributed by atoms with Crippen LogP contribution in [0.15, 0.2) is 66.0 Å². The van der Waals surface area contributed by atoms with E-state index < -0.39 is 0 Å². The molecule has 1 aliphatic heterocycles. The quantitative estimate of drug-likeness (QED) is 0.478. The van der Waals surface area contributed by atoms with E-state index in [4.69, 9.17) is 9.47 Å². The Kier molecular flexibility index (Phi) is 6.54. The molecule has 0 bridgehead atoms. The molecular formula is C27H28N2O4S. The van der Waals surface area contributed by atoms with Gasteiger partial charge in [-0.25, -0.2) is 0 Å². The lowest BCUT2D eigenvalue weighted by Gasteiger charge is -2.37. The highest BCUT2D eigenvalue weighted by Crippen LogP contribution is 2.35. The fourth-order valence-electron chi connectivity index (χ4n) is 4.48. The van der Waals surface area contributed by atoms with E-state index in [0.29, 0.717) is 24.5 Å². The van der Waals surface area contributed by atoms with Crippen molar-refractivity contribution in [2.45, 2.75) is 31.3 Å². The molecule has 1 aliphatic carbocycles. The summed E-state index contributed by atoms with van der Waals surface area (Å²) >= 11 is 1.72. The van der Waals surface area contributed by atoms with Crippen molar-refractivity contribution in [3.05, 3.63) is 82.0 Å². The second kappa shape index (κ2) is 9.89. The molecule has 176 valence electrons. The summed E-state index contributed by atoms with van der Waals surface area (Å²) in [5.41, 5.74) is 1.76. The standard InChI is InChI=1S/C27H28N2O4S/c1-32-21-8-5-9-22(16-21)33-18-24-23-13-15-34-25(23)12-14-28(24)26(30)17-29(20-10-11-20)27(31)19-6-3-2-4-7-19/h2-9,13,15-16,20,24H,10-12,14,17-18H2,1H3/t24-/m0/s1. The number of hydrogen-bond donors (Lipinski definition) is 0. The van der Waals surface area contributed by atoms with Crippen molar-refractivity contribution in [2.24, 2.45) is 0 Å². The highest BCUT2D eigenvalue weighted by atomic mass is 32.1. The van der Waals surface area contributed by atoms with Crippen LogP contribution in [0.2, 0.25) is 0 Å². The van der Waals surface area contributed by atoms with Gasteiger partial charge in [-0.05, 0) is 60.5 Å². The summed E-state index contributed by atoms with van der Waals surface area (Å²) in [4.78, 5) is 31.7. The molecule has 2 aliphatic rings. The van der Waals surface area contributed by atoms with Crippen molar-refractivity contribution in [3.8, 4) is 11.5 Å². The molecule has 1 aromatic heterocycles. The number of carbonyl (C=O) groups is 2. The van der Waals surface area contributed by atoms with Crippen molar-refractivity contribution in [1.82, 2.24) is 9.80 Å². The Morgan fingerprint density at radius 3 is 2.62 bits per heavy atom. The number of hydrogen-bond acceptors (Lipinski definition) is 5. The van der Waals surface area contributed by atoms with Crippen LogP contribution in [0.3, 0.4) is 0 Å². The average Bonchev–Trinajstić information content (AvgIpc) is 3.61. The Hall–Kier alpha value is -3.32. The van der Waals surface area contributed by atoms with Crippen molar-refractivity contribution in [1.29, 1.82) is 0 Å². The molecule has 0 N–H and O–H groups in total. The monoisotopic (exact) mass is 476 g/mol. The number of amides is 2. The van der Waals surface area contributed by atoms with Crippen molar-refractivity contribution < 1.29 is 19.1 Å². The number of thiophene rings is 1. The maximum absolute atomic E-state index is 13.6. The molecule has 0 radical (unpaired) electrons. The fraction of sp³-hybridized carbons (Fsp3) is 0.333. The predicted octanol–water partition coefficient (Wildman–Crippen LogP) is 4.57. The molecule has 5 rings (SSSR count). The number of rotatable bonds is 8. The molecule has 1 atom stereocenters. The van der Waals surface area contributed by atoms with Crippen LogP contribution in [-0.2, 0) is 11.2 Å². The molecule has 2 heterocycles. The highest BCUT2D eigenvalue weighted by molar-refractivity contribution is 7.10. The third-order valence-corrected chi connectivity index (χ3v) is 7.44. The van der Waals surface area contributed by atoms with Gasteiger partial charge in [-0.1, -0.05) is 24.3 Å². The molecule has 7 heteroatoms. The van der Waals surface area contributed by atoms with Crippen LogP contribution in [0.4, 0.5) is 0 Å². The van der Waals surface area contributed by atoms with E-state index in [0.717, 1.165) is 30.6 Å². The number of benzene rings is 2. The summed E-state index contributed by atoms with van der Waals surface area (Å²) in [5.74, 6) is 1.32. The highest BCUT2D eigenvalue weighted by Gasteiger charge is 2.38. The second-order valence-corrected chi connectivity index (χ2v) is 9.67. The van der Waals surface area contributed by atoms with Gasteiger partial charge in [-0.3, -0.25) is 9.59 Å². The van der Waals surface area contributed by atoms with Gasteiger partial charge >= 0.3 is 0 Å². The molecule has 0 saturated heterocycles. The van der Waals surface area contributed by atoms with Crippen LogP contribution in [-0.4, -0.2) is 54.5 Å². The maximum atomic E-state index is 13.6. The van der Waals surface area contributed by atoms with Gasteiger partial charge in [-0.15, -0.1) is 11.3 Å². The predicted molar refractivity (Wildman–Crippen MR) is 131 cm³/mol. The Labute approximate surface area is 203 Å². The van der Waals surface area contributed by atoms with Crippen molar-refractivity contribution in [2.75, 3.05) is 26.8 Å². The van der Waals surface area contributed by atoms with E-state index in [-0.39, 0.29) is 30.4 Å². The minimum absolute atomic E-state index is 0.0349. The summed E-state index contributed by atoms with van der Waals surface area (Å²) < 4.78 is 11.4. The van der Waals surface area contributed by atoms with Gasteiger partial charge in [0, 0.05) is 29.1 Å². The summed E-state index contributed by atoms with van der Waals surface area (Å²) in [6.07, 6.45) is 2.72. The number of fused-ring (bicyclic) bond motifs is 1. The van der Waals surface area contributed by atoms with E-state index in [2.05, 4.69) is 11.4 Å². The molecule has 2 aromatic carbocycles. The van der Waals surface area contributed by atoms with Crippen LogP contribution >= 0.6 is 11.3 Å². The fourth-order valence-corrected chi connectivity index (χ4v) is 5.40. The smallest absolute Gasteiger partial charge is 0.254 e. The molecule has 0 spiro atoms. The van der Waals surface area contributed by atoms with E-state index in [9.17, 15) is 9.59 Å². The lowest BCUT2D eigenvalue weighted by Crippen LogP contribution is -2.48. The van der Waals surface area contributed by atoms with Gasteiger partial charge in [0.25, 0.3) is 5.91 Å². The van der Waals surface area contributed by atoms with Gasteiger partial charge < -0.3 is 19.3 Å². The Bertz CT molecular complexity index is 1160. The lowest BCUT2D eigenvalue weighted by atomic mass is 10.0. The minimum atomic E-state index is -0.193. The Morgan fingerprint density at radius 2 is 1.85 bits per heavy atom. The first-order valence-electron chi connectivity index (χ1n) is 11.6. The largest absolute Gasteiger partial charge is 0.497 e. The molecule has 34 heavy (non-hydrogen) atoms. The van der Waals surface area contributed by atoms with Gasteiger partial charge in [0.1, 0.15) is 24.7 Å². The number of carbonyl (C=O) groups excluding carboxylic acids is 2. The zero-order chi connectivity index (χ0) is 23.5. The maximum Gasteiger partial charge on any atom is 0.254 e. The van der Waals surface area contributed by atoms with Gasteiger partial charge in [0.15, 0.2) is 0 Å². The summed E-state index contributed by atoms with van der Waals surface area (Å²) in [5, 5.41) is 2.08. The third kappa shape index (κ3) is 4.80. The first-order valence-corrected chi connectivity index (χ1v) is 12.5. The van der Waals surface area contributed by atoms with Gasteiger partial charge in [-0.2, -0.15) is 0 Å². The van der Waals surface area contributed by atoms with Crippen molar-refractivity contribution >= 4 is 23.2 Å². The van der Waals surface area contributed by atoms with E-state index >= 15 is 0 Å². The van der Waals surface area contributed by atoms with E-state index in [1.807, 2.05) is 59.5 Å². The Morgan fingerprint density at radius 1 is 1.06 bits per heavy atom. The van der Waals surface area contributed by atoms with Crippen molar-refractivity contribution in [3.63, 3.8) is 0 Å². The van der Waals surface area contributed by atoms with E-state index in [1.165, 1.54) is 4.88 Å². The Balaban J connectivity index is 1.34. The number of ether oxygens (including phenoxy) is 2. The summed E-state index contributed by atoms with van der Waals surface area (Å²) in [6, 6.07) is 18.8. The topological polar surface area (TPSA) is 59.1 Å². The molecule has 1 fully saturated rings. The molecule has 3 aromatic rings. The molecule has 0 unspecified atom stereocenters. The van der Waals surface area contributed by atoms with E-state index in [1.54, 1.807) is 23.3 Å². The third-order valence-electron chi connectivity index (χ3n) is 6.44. The first-order chi connectivity index (χ1) is 16.6. The second-order valence-electron chi connectivity index (χ2n) is 8.67. The zero-order valence-corrected chi connectivity index (χ0v) is 20.0. The van der Waals surface area contributed by atoms with Crippen LogP contribution in [0.1, 0.15) is 39.7 Å². The van der Waals surface area contributed by atoms with Crippen LogP contribution in [0.5, 0.6) is 11.5 Å². The van der Waals surface area contributed by atoms with Crippen LogP contribution in [0, 0.1) is 0 Å². The average molecular weight is 477 g/mol. The zero-order valence-electron chi connectivity index (χ0n) is 19.2. The van der Waals surface area contributed by atoms with Crippen LogP contribution < -0.4 is 9.47 Å². The first kappa shape index (κ1) is 22.5. The molecule has 6 nitrogen and oxygen atoms in total. The minimum Gasteiger partial charge on any atom is -0.497 e. The van der Waals surface area contributed by atoms with Crippen LogP contribution in [0.25, 0.3) is 0 Å².